The van der Waals surface area contributed by atoms with Crippen LogP contribution in [-0.2, 0) is 15.0 Å². The van der Waals surface area contributed by atoms with Crippen LogP contribution in [0.5, 0.6) is 0 Å². The van der Waals surface area contributed by atoms with Gasteiger partial charge >= 0.3 is 0 Å². The van der Waals surface area contributed by atoms with Crippen LogP contribution in [-0.4, -0.2) is 30.5 Å². The molecule has 0 bridgehead atoms. The molecule has 2 fully saturated rings. The molecule has 2 heterocycles. The maximum absolute atomic E-state index is 6.31. The molecule has 0 aromatic carbocycles. The van der Waals surface area contributed by atoms with Crippen molar-refractivity contribution in [3.05, 3.63) is 11.7 Å². The number of rotatable bonds is 4. The van der Waals surface area contributed by atoms with Gasteiger partial charge in [0, 0.05) is 20.3 Å². The van der Waals surface area contributed by atoms with Gasteiger partial charge < -0.3 is 19.7 Å². The molecule has 2 aliphatic rings. The number of methoxy groups -OCH3 is 1. The molecule has 0 radical (unpaired) electrons. The standard InChI is InChI=1S/C12H19N3O3/c1-16-9(8-2-3-8)10-14-11(18-15-10)12(13)4-6-17-7-5-12/h8-9H,2-7,13H2,1H3. The monoisotopic (exact) mass is 253 g/mol. The van der Waals surface area contributed by atoms with Crippen molar-refractivity contribution in [2.45, 2.75) is 37.3 Å². The van der Waals surface area contributed by atoms with Gasteiger partial charge in [-0.1, -0.05) is 5.16 Å². The van der Waals surface area contributed by atoms with E-state index in [1.807, 2.05) is 0 Å². The highest BCUT2D eigenvalue weighted by atomic mass is 16.5. The molecular formula is C12H19N3O3. The third-order valence-electron chi connectivity index (χ3n) is 3.81. The quantitative estimate of drug-likeness (QED) is 0.866. The molecule has 6 nitrogen and oxygen atoms in total. The van der Waals surface area contributed by atoms with Gasteiger partial charge in [-0.25, -0.2) is 0 Å². The van der Waals surface area contributed by atoms with Crippen molar-refractivity contribution in [1.82, 2.24) is 10.1 Å². The molecule has 18 heavy (non-hydrogen) atoms. The summed E-state index contributed by atoms with van der Waals surface area (Å²) >= 11 is 0. The van der Waals surface area contributed by atoms with E-state index in [-0.39, 0.29) is 6.10 Å². The number of hydrogen-bond donors (Lipinski definition) is 1. The van der Waals surface area contributed by atoms with Crippen molar-refractivity contribution in [1.29, 1.82) is 0 Å². The van der Waals surface area contributed by atoms with E-state index in [1.165, 1.54) is 12.8 Å². The smallest absolute Gasteiger partial charge is 0.247 e. The Balaban J connectivity index is 1.79. The van der Waals surface area contributed by atoms with Gasteiger partial charge in [0.15, 0.2) is 0 Å². The first-order valence-electron chi connectivity index (χ1n) is 6.46. The predicted molar refractivity (Wildman–Crippen MR) is 62.7 cm³/mol. The Morgan fingerprint density at radius 1 is 1.39 bits per heavy atom. The van der Waals surface area contributed by atoms with Crippen LogP contribution in [0.4, 0.5) is 0 Å². The van der Waals surface area contributed by atoms with Crippen LogP contribution in [0.15, 0.2) is 4.52 Å². The van der Waals surface area contributed by atoms with E-state index in [0.29, 0.717) is 30.8 Å². The maximum Gasteiger partial charge on any atom is 0.247 e. The van der Waals surface area contributed by atoms with Crippen LogP contribution in [0.25, 0.3) is 0 Å². The predicted octanol–water partition coefficient (Wildman–Crippen LogP) is 1.13. The average molecular weight is 253 g/mol. The summed E-state index contributed by atoms with van der Waals surface area (Å²) in [6, 6.07) is 0. The lowest BCUT2D eigenvalue weighted by atomic mass is 9.91. The van der Waals surface area contributed by atoms with Crippen LogP contribution in [0.3, 0.4) is 0 Å². The van der Waals surface area contributed by atoms with Crippen LogP contribution in [0, 0.1) is 5.92 Å². The fraction of sp³-hybridized carbons (Fsp3) is 0.833. The zero-order valence-electron chi connectivity index (χ0n) is 10.6. The largest absolute Gasteiger partial charge is 0.381 e. The molecule has 0 spiro atoms. The number of nitrogens with zero attached hydrogens (tertiary/aromatic N) is 2. The van der Waals surface area contributed by atoms with Gasteiger partial charge in [-0.05, 0) is 31.6 Å². The molecule has 100 valence electrons. The number of ether oxygens (including phenoxy) is 2. The van der Waals surface area contributed by atoms with Crippen molar-refractivity contribution in [2.75, 3.05) is 20.3 Å². The van der Waals surface area contributed by atoms with Crippen LogP contribution in [0.1, 0.15) is 43.5 Å². The zero-order valence-corrected chi connectivity index (χ0v) is 10.6. The lowest BCUT2D eigenvalue weighted by Crippen LogP contribution is -2.42. The first-order valence-corrected chi connectivity index (χ1v) is 6.46. The summed E-state index contributed by atoms with van der Waals surface area (Å²) < 4.78 is 16.1. The van der Waals surface area contributed by atoms with Gasteiger partial charge in [-0.3, -0.25) is 0 Å². The Kier molecular flexibility index (Phi) is 3.09. The average Bonchev–Trinajstić information content (AvgIpc) is 3.07. The van der Waals surface area contributed by atoms with E-state index in [2.05, 4.69) is 10.1 Å². The van der Waals surface area contributed by atoms with Crippen molar-refractivity contribution < 1.29 is 14.0 Å². The molecule has 3 rings (SSSR count). The van der Waals surface area contributed by atoms with E-state index in [9.17, 15) is 0 Å². The third-order valence-corrected chi connectivity index (χ3v) is 3.81. The zero-order chi connectivity index (χ0) is 12.6. The molecule has 1 aliphatic heterocycles. The van der Waals surface area contributed by atoms with E-state index in [4.69, 9.17) is 19.7 Å². The molecule has 2 N–H and O–H groups in total. The van der Waals surface area contributed by atoms with Gasteiger partial charge in [0.05, 0.1) is 0 Å². The van der Waals surface area contributed by atoms with Crippen molar-refractivity contribution in [3.8, 4) is 0 Å². The second-order valence-corrected chi connectivity index (χ2v) is 5.22. The first-order chi connectivity index (χ1) is 8.73. The van der Waals surface area contributed by atoms with Crippen LogP contribution in [0.2, 0.25) is 0 Å². The Morgan fingerprint density at radius 2 is 2.11 bits per heavy atom. The highest BCUT2D eigenvalue weighted by Crippen LogP contribution is 2.42. The molecule has 1 aromatic heterocycles. The van der Waals surface area contributed by atoms with Gasteiger partial charge in [0.1, 0.15) is 11.6 Å². The fourth-order valence-electron chi connectivity index (χ4n) is 2.41. The number of hydrogen-bond acceptors (Lipinski definition) is 6. The molecule has 6 heteroatoms. The summed E-state index contributed by atoms with van der Waals surface area (Å²) in [6.07, 6.45) is 3.73. The van der Waals surface area contributed by atoms with Crippen molar-refractivity contribution in [3.63, 3.8) is 0 Å². The Morgan fingerprint density at radius 3 is 2.72 bits per heavy atom. The van der Waals surface area contributed by atoms with Crippen LogP contribution >= 0.6 is 0 Å². The molecule has 1 aliphatic carbocycles. The Labute approximate surface area is 106 Å². The number of nitrogens with two attached hydrogens (primary N) is 1. The Hall–Kier alpha value is -0.980. The van der Waals surface area contributed by atoms with Crippen molar-refractivity contribution >= 4 is 0 Å². The van der Waals surface area contributed by atoms with Gasteiger partial charge in [0.2, 0.25) is 11.7 Å². The minimum Gasteiger partial charge on any atom is -0.381 e. The molecule has 1 aromatic rings. The minimum absolute atomic E-state index is 0.0501. The maximum atomic E-state index is 6.31. The van der Waals surface area contributed by atoms with E-state index in [1.54, 1.807) is 7.11 Å². The summed E-state index contributed by atoms with van der Waals surface area (Å²) in [7, 11) is 1.69. The van der Waals surface area contributed by atoms with E-state index >= 15 is 0 Å². The summed E-state index contributed by atoms with van der Waals surface area (Å²) in [5.74, 6) is 1.68. The highest BCUT2D eigenvalue weighted by Gasteiger charge is 2.39. The van der Waals surface area contributed by atoms with Crippen LogP contribution < -0.4 is 5.73 Å². The minimum atomic E-state index is -0.536. The highest BCUT2D eigenvalue weighted by molar-refractivity contribution is 5.06. The summed E-state index contributed by atoms with van der Waals surface area (Å²) in [4.78, 5) is 4.45. The molecule has 0 amide bonds. The first kappa shape index (κ1) is 12.1. The SMILES string of the molecule is COC(c1noc(C2(N)CCOCC2)n1)C1CC1. The van der Waals surface area contributed by atoms with E-state index in [0.717, 1.165) is 12.8 Å². The molecule has 1 saturated heterocycles. The lowest BCUT2D eigenvalue weighted by Gasteiger charge is -2.29. The summed E-state index contributed by atoms with van der Waals surface area (Å²) in [5.41, 5.74) is 5.77. The Bertz CT molecular complexity index is 410. The molecule has 1 unspecified atom stereocenters. The number of aromatic nitrogens is 2. The summed E-state index contributed by atoms with van der Waals surface area (Å²) in [6.45, 7) is 1.29. The van der Waals surface area contributed by atoms with Crippen molar-refractivity contribution in [2.24, 2.45) is 11.7 Å². The normalized spacial score (nSPS) is 25.0. The van der Waals surface area contributed by atoms with Gasteiger partial charge in [0.25, 0.3) is 0 Å². The third kappa shape index (κ3) is 2.15. The van der Waals surface area contributed by atoms with E-state index < -0.39 is 5.54 Å². The second-order valence-electron chi connectivity index (χ2n) is 5.22. The molecule has 1 saturated carbocycles. The van der Waals surface area contributed by atoms with Gasteiger partial charge in [-0.2, -0.15) is 4.98 Å². The fourth-order valence-corrected chi connectivity index (χ4v) is 2.41. The summed E-state index contributed by atoms with van der Waals surface area (Å²) in [5, 5.41) is 4.04. The lowest BCUT2D eigenvalue weighted by molar-refractivity contribution is 0.0400. The second kappa shape index (κ2) is 4.60. The molecular weight excluding hydrogens is 234 g/mol. The molecule has 1 atom stereocenters. The topological polar surface area (TPSA) is 83.4 Å². The van der Waals surface area contributed by atoms with Gasteiger partial charge in [-0.15, -0.1) is 0 Å².